The van der Waals surface area contributed by atoms with Crippen molar-refractivity contribution in [3.63, 3.8) is 0 Å². The summed E-state index contributed by atoms with van der Waals surface area (Å²) in [5, 5.41) is 14.6. The lowest BCUT2D eigenvalue weighted by Crippen LogP contribution is -2.08. The molecule has 0 saturated carbocycles. The van der Waals surface area contributed by atoms with E-state index in [1.807, 2.05) is 57.2 Å². The number of ketones is 1. The van der Waals surface area contributed by atoms with E-state index in [1.165, 1.54) is 16.6 Å². The smallest absolute Gasteiger partial charge is 0.214 e. The maximum atomic E-state index is 13.0. The van der Waals surface area contributed by atoms with Gasteiger partial charge >= 0.3 is 0 Å². The molecule has 0 aliphatic heterocycles. The first-order valence-corrected chi connectivity index (χ1v) is 11.8. The molecule has 31 heavy (non-hydrogen) atoms. The molecule has 0 atom stereocenters. The standard InChI is InChI=1S/C22H23N5O2S2/c1-4-29-21-10-6-5-9-19(21)27-22(23-24-25-27)31-14-20(28)18-12-15(2)26(16(18)3)13-17-8-7-11-30-17/h5-12H,4,13-14H2,1-3H3. The van der Waals surface area contributed by atoms with Crippen LogP contribution in [0.4, 0.5) is 0 Å². The number of thiophene rings is 1. The first-order chi connectivity index (χ1) is 15.1. The van der Waals surface area contributed by atoms with Gasteiger partial charge in [0.1, 0.15) is 11.4 Å². The molecule has 0 unspecified atom stereocenters. The van der Waals surface area contributed by atoms with Gasteiger partial charge in [-0.15, -0.1) is 16.4 Å². The van der Waals surface area contributed by atoms with Crippen molar-refractivity contribution in [1.29, 1.82) is 0 Å². The monoisotopic (exact) mass is 453 g/mol. The number of hydrogen-bond acceptors (Lipinski definition) is 7. The zero-order valence-electron chi connectivity index (χ0n) is 17.6. The van der Waals surface area contributed by atoms with Crippen LogP contribution < -0.4 is 4.74 Å². The van der Waals surface area contributed by atoms with Gasteiger partial charge in [0.15, 0.2) is 5.78 Å². The minimum atomic E-state index is 0.0585. The molecule has 1 aromatic carbocycles. The molecule has 0 N–H and O–H groups in total. The van der Waals surface area contributed by atoms with Crippen molar-refractivity contribution in [1.82, 2.24) is 24.8 Å². The summed E-state index contributed by atoms with van der Waals surface area (Å²) in [4.78, 5) is 14.3. The maximum absolute atomic E-state index is 13.0. The Morgan fingerprint density at radius 1 is 1.19 bits per heavy atom. The number of para-hydroxylation sites is 2. The Morgan fingerprint density at radius 2 is 2.03 bits per heavy atom. The summed E-state index contributed by atoms with van der Waals surface area (Å²) in [6.07, 6.45) is 0. The van der Waals surface area contributed by atoms with E-state index < -0.39 is 0 Å². The van der Waals surface area contributed by atoms with Crippen LogP contribution in [0.15, 0.2) is 53.0 Å². The summed E-state index contributed by atoms with van der Waals surface area (Å²) < 4.78 is 9.49. The molecule has 160 valence electrons. The number of rotatable bonds is 9. The summed E-state index contributed by atoms with van der Waals surface area (Å²) in [5.41, 5.74) is 3.56. The highest BCUT2D eigenvalue weighted by atomic mass is 32.2. The van der Waals surface area contributed by atoms with E-state index in [0.29, 0.717) is 17.5 Å². The molecule has 9 heteroatoms. The molecule has 3 aromatic heterocycles. The Kier molecular flexibility index (Phi) is 6.53. The SMILES string of the molecule is CCOc1ccccc1-n1nnnc1SCC(=O)c1cc(C)n(Cc2cccs2)c1C. The van der Waals surface area contributed by atoms with Gasteiger partial charge in [0.2, 0.25) is 5.16 Å². The maximum Gasteiger partial charge on any atom is 0.214 e. The van der Waals surface area contributed by atoms with Crippen molar-refractivity contribution in [2.24, 2.45) is 0 Å². The number of benzene rings is 1. The highest BCUT2D eigenvalue weighted by molar-refractivity contribution is 7.99. The van der Waals surface area contributed by atoms with Crippen LogP contribution in [-0.4, -0.2) is 42.9 Å². The van der Waals surface area contributed by atoms with Gasteiger partial charge in [-0.25, -0.2) is 0 Å². The van der Waals surface area contributed by atoms with Crippen LogP contribution in [-0.2, 0) is 6.54 Å². The van der Waals surface area contributed by atoms with Crippen LogP contribution in [0, 0.1) is 13.8 Å². The molecule has 0 aliphatic rings. The first-order valence-electron chi connectivity index (χ1n) is 9.94. The third-order valence-corrected chi connectivity index (χ3v) is 6.72. The topological polar surface area (TPSA) is 74.8 Å². The average Bonchev–Trinajstić information content (AvgIpc) is 3.51. The second-order valence-electron chi connectivity index (χ2n) is 6.94. The van der Waals surface area contributed by atoms with Crippen LogP contribution in [0.1, 0.15) is 33.5 Å². The molecule has 0 spiro atoms. The minimum absolute atomic E-state index is 0.0585. The number of tetrazole rings is 1. The Labute approximate surface area is 189 Å². The van der Waals surface area contributed by atoms with E-state index in [0.717, 1.165) is 29.2 Å². The van der Waals surface area contributed by atoms with Gasteiger partial charge in [0.25, 0.3) is 0 Å². The lowest BCUT2D eigenvalue weighted by Gasteiger charge is -2.10. The molecule has 0 amide bonds. The van der Waals surface area contributed by atoms with E-state index in [-0.39, 0.29) is 11.5 Å². The van der Waals surface area contributed by atoms with Crippen molar-refractivity contribution in [2.75, 3.05) is 12.4 Å². The van der Waals surface area contributed by atoms with Gasteiger partial charge < -0.3 is 9.30 Å². The van der Waals surface area contributed by atoms with E-state index >= 15 is 0 Å². The normalized spacial score (nSPS) is 11.1. The number of thioether (sulfide) groups is 1. The van der Waals surface area contributed by atoms with Gasteiger partial charge in [-0.3, -0.25) is 4.79 Å². The van der Waals surface area contributed by atoms with E-state index in [9.17, 15) is 4.79 Å². The van der Waals surface area contributed by atoms with Gasteiger partial charge in [0, 0.05) is 21.8 Å². The quantitative estimate of drug-likeness (QED) is 0.273. The molecule has 7 nitrogen and oxygen atoms in total. The fraction of sp³-hybridized carbons (Fsp3) is 0.273. The molecule has 4 aromatic rings. The highest BCUT2D eigenvalue weighted by Gasteiger charge is 2.19. The van der Waals surface area contributed by atoms with Gasteiger partial charge in [-0.2, -0.15) is 4.68 Å². The number of carbonyl (C=O) groups is 1. The second kappa shape index (κ2) is 9.49. The number of aryl methyl sites for hydroxylation is 1. The van der Waals surface area contributed by atoms with Crippen LogP contribution in [0.5, 0.6) is 5.75 Å². The van der Waals surface area contributed by atoms with E-state index in [2.05, 4.69) is 31.5 Å². The minimum Gasteiger partial charge on any atom is -0.492 e. The second-order valence-corrected chi connectivity index (χ2v) is 8.91. The fourth-order valence-electron chi connectivity index (χ4n) is 3.42. The van der Waals surface area contributed by atoms with Crippen molar-refractivity contribution in [3.8, 4) is 11.4 Å². The van der Waals surface area contributed by atoms with Crippen LogP contribution in [0.2, 0.25) is 0 Å². The Morgan fingerprint density at radius 3 is 2.81 bits per heavy atom. The van der Waals surface area contributed by atoms with Crippen LogP contribution in [0.3, 0.4) is 0 Å². The molecule has 3 heterocycles. The number of hydrogen-bond donors (Lipinski definition) is 0. The molecule has 0 aliphatic carbocycles. The number of carbonyl (C=O) groups excluding carboxylic acids is 1. The summed E-state index contributed by atoms with van der Waals surface area (Å²) in [5.74, 6) is 1.01. The van der Waals surface area contributed by atoms with Gasteiger partial charge in [-0.05, 0) is 60.8 Å². The predicted molar refractivity (Wildman–Crippen MR) is 123 cm³/mol. The van der Waals surface area contributed by atoms with E-state index in [4.69, 9.17) is 4.74 Å². The summed E-state index contributed by atoms with van der Waals surface area (Å²) in [6, 6.07) is 13.7. The molecular weight excluding hydrogens is 430 g/mol. The summed E-state index contributed by atoms with van der Waals surface area (Å²) >= 11 is 3.04. The summed E-state index contributed by atoms with van der Waals surface area (Å²) in [7, 11) is 0. The van der Waals surface area contributed by atoms with Crippen molar-refractivity contribution < 1.29 is 9.53 Å². The van der Waals surface area contributed by atoms with Crippen LogP contribution in [0.25, 0.3) is 5.69 Å². The van der Waals surface area contributed by atoms with Crippen molar-refractivity contribution in [3.05, 3.63) is 69.7 Å². The molecule has 0 fully saturated rings. The van der Waals surface area contributed by atoms with Gasteiger partial charge in [-0.1, -0.05) is 30.0 Å². The molecule has 4 rings (SSSR count). The molecule has 0 radical (unpaired) electrons. The number of aromatic nitrogens is 5. The highest BCUT2D eigenvalue weighted by Crippen LogP contribution is 2.27. The predicted octanol–water partition coefficient (Wildman–Crippen LogP) is 4.56. The Bertz CT molecular complexity index is 1180. The van der Waals surface area contributed by atoms with Crippen molar-refractivity contribution in [2.45, 2.75) is 32.5 Å². The zero-order valence-corrected chi connectivity index (χ0v) is 19.2. The Hall–Kier alpha value is -2.91. The molecule has 0 saturated heterocycles. The molecule has 0 bridgehead atoms. The Balaban J connectivity index is 1.50. The lowest BCUT2D eigenvalue weighted by molar-refractivity contribution is 0.102. The number of nitrogens with zero attached hydrogens (tertiary/aromatic N) is 5. The van der Waals surface area contributed by atoms with Crippen LogP contribution >= 0.6 is 23.1 Å². The fourth-order valence-corrected chi connectivity index (χ4v) is 4.88. The lowest BCUT2D eigenvalue weighted by atomic mass is 10.2. The summed E-state index contributed by atoms with van der Waals surface area (Å²) in [6.45, 7) is 7.29. The third-order valence-electron chi connectivity index (χ3n) is 4.93. The molecular formula is C22H23N5O2S2. The third kappa shape index (κ3) is 4.57. The van der Waals surface area contributed by atoms with Gasteiger partial charge in [0.05, 0.1) is 18.9 Å². The first kappa shape index (κ1) is 21.3. The van der Waals surface area contributed by atoms with E-state index in [1.54, 1.807) is 16.0 Å². The number of ether oxygens (including phenoxy) is 1. The average molecular weight is 454 g/mol. The zero-order chi connectivity index (χ0) is 21.8. The largest absolute Gasteiger partial charge is 0.492 e. The van der Waals surface area contributed by atoms with Crippen molar-refractivity contribution >= 4 is 28.9 Å². The number of Topliss-reactive ketones (excluding diaryl/α,β-unsaturated/α-hetero) is 1.